The summed E-state index contributed by atoms with van der Waals surface area (Å²) in [5, 5.41) is 20.7. The molecule has 27 heavy (non-hydrogen) atoms. The number of rotatable bonds is 5. The number of fused-ring (bicyclic) bond motifs is 4. The van der Waals surface area contributed by atoms with Crippen molar-refractivity contribution in [3.05, 3.63) is 46.9 Å². The van der Waals surface area contributed by atoms with Gasteiger partial charge in [-0.25, -0.2) is 4.98 Å². The second-order valence-corrected chi connectivity index (χ2v) is 7.51. The fourth-order valence-corrected chi connectivity index (χ4v) is 4.07. The molecule has 1 unspecified atom stereocenters. The number of carbonyl (C=O) groups excluding carboxylic acids is 1. The highest BCUT2D eigenvalue weighted by Gasteiger charge is 2.31. The van der Waals surface area contributed by atoms with E-state index in [1.807, 2.05) is 18.5 Å². The molecule has 140 valence electrons. The Morgan fingerprint density at radius 2 is 2.22 bits per heavy atom. The van der Waals surface area contributed by atoms with Crippen molar-refractivity contribution < 1.29 is 19.8 Å². The van der Waals surface area contributed by atoms with Crippen molar-refractivity contribution in [2.75, 3.05) is 0 Å². The van der Waals surface area contributed by atoms with Crippen molar-refractivity contribution in [2.24, 2.45) is 0 Å². The first kappa shape index (κ1) is 17.7. The molecular weight excluding hydrogens is 344 g/mol. The van der Waals surface area contributed by atoms with E-state index in [1.165, 1.54) is 6.08 Å². The van der Waals surface area contributed by atoms with E-state index in [0.717, 1.165) is 40.6 Å². The van der Waals surface area contributed by atoms with Crippen molar-refractivity contribution in [3.63, 3.8) is 0 Å². The normalized spacial score (nSPS) is 18.0. The van der Waals surface area contributed by atoms with Gasteiger partial charge in [0, 0.05) is 23.5 Å². The summed E-state index contributed by atoms with van der Waals surface area (Å²) in [5.41, 5.74) is 2.72. The van der Waals surface area contributed by atoms with E-state index in [1.54, 1.807) is 6.92 Å². The number of aromatic nitrogens is 2. The lowest BCUT2D eigenvalue weighted by Crippen LogP contribution is -2.32. The molecule has 0 radical (unpaired) electrons. The molecule has 2 aliphatic rings. The van der Waals surface area contributed by atoms with Gasteiger partial charge in [-0.05, 0) is 49.8 Å². The monoisotopic (exact) mass is 366 g/mol. The molecule has 4 rings (SSSR count). The molecule has 2 aromatic rings. The molecule has 0 fully saturated rings. The molecule has 0 aromatic carbocycles. The van der Waals surface area contributed by atoms with E-state index >= 15 is 0 Å². The van der Waals surface area contributed by atoms with Crippen molar-refractivity contribution in [3.8, 4) is 0 Å². The molecule has 1 atom stereocenters. The minimum atomic E-state index is -1.34. The zero-order valence-corrected chi connectivity index (χ0v) is 15.2. The maximum Gasteiger partial charge on any atom is 0.306 e. The molecule has 6 heteroatoms. The van der Waals surface area contributed by atoms with Crippen LogP contribution in [-0.2, 0) is 17.6 Å². The van der Waals surface area contributed by atoms with Crippen LogP contribution in [0.1, 0.15) is 54.4 Å². The third kappa shape index (κ3) is 3.21. The lowest BCUT2D eigenvalue weighted by atomic mass is 9.83. The second kappa shape index (κ2) is 6.46. The number of hydrogen-bond donors (Lipinski definition) is 2. The minimum Gasteiger partial charge on any atom is -0.481 e. The summed E-state index contributed by atoms with van der Waals surface area (Å²) in [7, 11) is 0. The van der Waals surface area contributed by atoms with E-state index in [-0.39, 0.29) is 18.6 Å². The maximum absolute atomic E-state index is 12.7. The molecule has 0 amide bonds. The van der Waals surface area contributed by atoms with Gasteiger partial charge in [0.15, 0.2) is 0 Å². The largest absolute Gasteiger partial charge is 0.481 e. The molecule has 0 saturated heterocycles. The number of aliphatic carboxylic acids is 1. The summed E-state index contributed by atoms with van der Waals surface area (Å²) in [5.74, 6) is -1.22. The fourth-order valence-electron chi connectivity index (χ4n) is 4.07. The van der Waals surface area contributed by atoms with Crippen LogP contribution in [0.25, 0.3) is 17.1 Å². The molecule has 1 aliphatic carbocycles. The van der Waals surface area contributed by atoms with Gasteiger partial charge in [0.1, 0.15) is 5.69 Å². The lowest BCUT2D eigenvalue weighted by Gasteiger charge is -2.27. The topological polar surface area (TPSA) is 92.4 Å². The van der Waals surface area contributed by atoms with Gasteiger partial charge in [-0.2, -0.15) is 0 Å². The fraction of sp³-hybridized carbons (Fsp3) is 0.381. The van der Waals surface area contributed by atoms with Crippen molar-refractivity contribution in [1.82, 2.24) is 9.55 Å². The van der Waals surface area contributed by atoms with Crippen molar-refractivity contribution >= 4 is 28.9 Å². The number of carboxylic acid groups (broad SMARTS) is 1. The smallest absolute Gasteiger partial charge is 0.306 e. The molecule has 0 saturated carbocycles. The summed E-state index contributed by atoms with van der Waals surface area (Å²) in [6.45, 7) is 1.76. The van der Waals surface area contributed by atoms with Crippen LogP contribution in [0.3, 0.4) is 0 Å². The van der Waals surface area contributed by atoms with Gasteiger partial charge in [-0.1, -0.05) is 18.6 Å². The Labute approximate surface area is 156 Å². The predicted octanol–water partition coefficient (Wildman–Crippen LogP) is 3.12. The number of aryl methyl sites for hydroxylation is 1. The van der Waals surface area contributed by atoms with Crippen LogP contribution in [0, 0.1) is 0 Å². The average molecular weight is 366 g/mol. The number of hydrogen-bond acceptors (Lipinski definition) is 4. The number of allylic oxidation sites excluding steroid dienone is 2. The summed E-state index contributed by atoms with van der Waals surface area (Å²) in [6, 6.07) is 2.00. The van der Waals surface area contributed by atoms with E-state index in [0.29, 0.717) is 18.5 Å². The van der Waals surface area contributed by atoms with Crippen LogP contribution in [0.5, 0.6) is 0 Å². The van der Waals surface area contributed by atoms with E-state index in [2.05, 4.69) is 15.6 Å². The number of pyridine rings is 1. The van der Waals surface area contributed by atoms with Gasteiger partial charge in [0.25, 0.3) is 0 Å². The summed E-state index contributed by atoms with van der Waals surface area (Å²) in [6.07, 6.45) is 10.2. The Bertz CT molecular complexity index is 1010. The first-order valence-electron chi connectivity index (χ1n) is 9.26. The van der Waals surface area contributed by atoms with Gasteiger partial charge in [-0.15, -0.1) is 0 Å². The van der Waals surface area contributed by atoms with E-state index in [9.17, 15) is 14.7 Å². The Balaban J connectivity index is 1.68. The molecule has 6 nitrogen and oxygen atoms in total. The Morgan fingerprint density at radius 1 is 1.41 bits per heavy atom. The molecule has 0 bridgehead atoms. The first-order chi connectivity index (χ1) is 12.9. The summed E-state index contributed by atoms with van der Waals surface area (Å²) >= 11 is 0. The van der Waals surface area contributed by atoms with Crippen molar-refractivity contribution in [1.29, 1.82) is 0 Å². The Kier molecular flexibility index (Phi) is 4.23. The third-order valence-electron chi connectivity index (χ3n) is 5.49. The first-order valence-corrected chi connectivity index (χ1v) is 9.26. The van der Waals surface area contributed by atoms with Crippen LogP contribution in [0.4, 0.5) is 0 Å². The average Bonchev–Trinajstić information content (AvgIpc) is 2.97. The van der Waals surface area contributed by atoms with Crippen LogP contribution in [0.15, 0.2) is 30.0 Å². The Morgan fingerprint density at radius 3 is 2.96 bits per heavy atom. The highest BCUT2D eigenvalue weighted by molar-refractivity contribution is 6.07. The van der Waals surface area contributed by atoms with Crippen LogP contribution >= 0.6 is 0 Å². The zero-order valence-electron chi connectivity index (χ0n) is 15.2. The minimum absolute atomic E-state index is 0.173. The quantitative estimate of drug-likeness (QED) is 0.848. The van der Waals surface area contributed by atoms with Crippen molar-refractivity contribution in [2.45, 2.75) is 51.0 Å². The highest BCUT2D eigenvalue weighted by Crippen LogP contribution is 2.33. The van der Waals surface area contributed by atoms with Crippen LogP contribution in [0.2, 0.25) is 0 Å². The van der Waals surface area contributed by atoms with Crippen LogP contribution < -0.4 is 0 Å². The van der Waals surface area contributed by atoms with E-state index < -0.39 is 11.6 Å². The van der Waals surface area contributed by atoms with E-state index in [4.69, 9.17) is 5.11 Å². The predicted molar refractivity (Wildman–Crippen MR) is 102 cm³/mol. The summed E-state index contributed by atoms with van der Waals surface area (Å²) < 4.78 is 2.06. The number of carboxylic acids is 1. The third-order valence-corrected chi connectivity index (χ3v) is 5.49. The molecule has 3 heterocycles. The lowest BCUT2D eigenvalue weighted by molar-refractivity contribution is -0.142. The van der Waals surface area contributed by atoms with Gasteiger partial charge in [-0.3, -0.25) is 9.59 Å². The molecule has 2 N–H and O–H groups in total. The molecule has 2 aromatic heterocycles. The van der Waals surface area contributed by atoms with Gasteiger partial charge in [0.05, 0.1) is 17.5 Å². The zero-order chi connectivity index (χ0) is 19.2. The Hall–Kier alpha value is -2.73. The molecular formula is C21H22N2O4. The SMILES string of the molecule is CCC(O)(CC(=O)O)CC1=CC(=O)c2nc3c4n(cc3cc2C1)C=CCC4. The number of nitrogens with zero attached hydrogens (tertiary/aromatic N) is 2. The molecule has 0 spiro atoms. The molecule has 1 aliphatic heterocycles. The number of aliphatic hydroxyl groups is 1. The second-order valence-electron chi connectivity index (χ2n) is 7.51. The van der Waals surface area contributed by atoms with Gasteiger partial charge < -0.3 is 14.8 Å². The van der Waals surface area contributed by atoms with Gasteiger partial charge in [0.2, 0.25) is 5.78 Å². The number of ketones is 1. The standard InChI is InChI=1S/C21H22N2O4/c1-2-21(27,11-18(25)26)10-13-7-14-9-15-12-23-6-4-3-5-16(23)19(15)22-20(14)17(24)8-13/h4,6,8-9,12,27H,2-3,5,7,10-11H2,1H3,(H,25,26). The number of carbonyl (C=O) groups is 2. The van der Waals surface area contributed by atoms with Gasteiger partial charge >= 0.3 is 5.97 Å². The summed E-state index contributed by atoms with van der Waals surface area (Å²) in [4.78, 5) is 28.4. The van der Waals surface area contributed by atoms with Crippen LogP contribution in [-0.4, -0.2) is 37.1 Å². The highest BCUT2D eigenvalue weighted by atomic mass is 16.4. The maximum atomic E-state index is 12.7.